The van der Waals surface area contributed by atoms with Gasteiger partial charge in [-0.1, -0.05) is 18.2 Å². The first-order chi connectivity index (χ1) is 15.0. The van der Waals surface area contributed by atoms with Crippen LogP contribution in [0.4, 0.5) is 5.69 Å². The fraction of sp³-hybridized carbons (Fsp3) is 0.211. The minimum absolute atomic E-state index is 0.00702. The van der Waals surface area contributed by atoms with Crippen LogP contribution in [-0.4, -0.2) is 66.1 Å². The Labute approximate surface area is 185 Å². The van der Waals surface area contributed by atoms with Crippen molar-refractivity contribution >= 4 is 43.4 Å². The van der Waals surface area contributed by atoms with Crippen LogP contribution < -0.4 is 10.0 Å². The van der Waals surface area contributed by atoms with Crippen LogP contribution in [0, 0.1) is 0 Å². The molecule has 3 rings (SSSR count). The van der Waals surface area contributed by atoms with Gasteiger partial charge in [0, 0.05) is 25.3 Å². The molecule has 0 fully saturated rings. The number of amidine groups is 1. The SMILES string of the molecule is CN(C)S(=O)(=O)c1cccc(NC(=O)COC(=O)CN=C2NS(=O)(=O)c3ccccc32)c1. The minimum atomic E-state index is -3.73. The van der Waals surface area contributed by atoms with Crippen molar-refractivity contribution in [3.05, 3.63) is 54.1 Å². The van der Waals surface area contributed by atoms with Gasteiger partial charge >= 0.3 is 5.97 Å². The number of fused-ring (bicyclic) bond motifs is 1. The summed E-state index contributed by atoms with van der Waals surface area (Å²) in [6, 6.07) is 11.8. The number of nitrogens with one attached hydrogen (secondary N) is 2. The molecule has 0 saturated heterocycles. The molecule has 0 spiro atoms. The molecule has 1 aliphatic rings. The molecule has 2 aromatic rings. The van der Waals surface area contributed by atoms with Crippen LogP contribution in [0.1, 0.15) is 5.56 Å². The van der Waals surface area contributed by atoms with Gasteiger partial charge in [-0.05, 0) is 30.3 Å². The van der Waals surface area contributed by atoms with E-state index in [4.69, 9.17) is 4.74 Å². The molecule has 0 radical (unpaired) electrons. The third-order valence-electron chi connectivity index (χ3n) is 4.29. The van der Waals surface area contributed by atoms with Crippen LogP contribution in [0.3, 0.4) is 0 Å². The summed E-state index contributed by atoms with van der Waals surface area (Å²) < 4.78 is 56.5. The summed E-state index contributed by atoms with van der Waals surface area (Å²) in [6.45, 7) is -1.13. The number of amides is 1. The Morgan fingerprint density at radius 1 is 1.12 bits per heavy atom. The third kappa shape index (κ3) is 5.12. The maximum atomic E-state index is 12.2. The van der Waals surface area contributed by atoms with Crippen LogP contribution in [0.25, 0.3) is 0 Å². The Morgan fingerprint density at radius 2 is 1.84 bits per heavy atom. The summed E-state index contributed by atoms with van der Waals surface area (Å²) in [5.74, 6) is -1.52. The lowest BCUT2D eigenvalue weighted by atomic mass is 10.2. The minimum Gasteiger partial charge on any atom is -0.454 e. The number of esters is 1. The Balaban J connectivity index is 1.56. The number of sulfonamides is 2. The lowest BCUT2D eigenvalue weighted by Crippen LogP contribution is -2.25. The molecule has 1 aliphatic heterocycles. The average Bonchev–Trinajstić information content (AvgIpc) is 3.01. The molecule has 0 aliphatic carbocycles. The normalized spacial score (nSPS) is 15.8. The number of anilines is 1. The average molecular weight is 481 g/mol. The van der Waals surface area contributed by atoms with Crippen LogP contribution in [0.5, 0.6) is 0 Å². The Bertz CT molecular complexity index is 1300. The second kappa shape index (κ2) is 9.06. The predicted octanol–water partition coefficient (Wildman–Crippen LogP) is 0.157. The van der Waals surface area contributed by atoms with E-state index in [-0.39, 0.29) is 21.3 Å². The molecule has 32 heavy (non-hydrogen) atoms. The van der Waals surface area contributed by atoms with E-state index in [1.54, 1.807) is 18.2 Å². The van der Waals surface area contributed by atoms with Gasteiger partial charge in [0.1, 0.15) is 12.4 Å². The number of carbonyl (C=O) groups is 2. The fourth-order valence-corrected chi connectivity index (χ4v) is 4.93. The first kappa shape index (κ1) is 23.4. The topological polar surface area (TPSA) is 151 Å². The predicted molar refractivity (Wildman–Crippen MR) is 115 cm³/mol. The van der Waals surface area contributed by atoms with Gasteiger partial charge in [-0.25, -0.2) is 21.1 Å². The second-order valence-electron chi connectivity index (χ2n) is 6.79. The zero-order chi connectivity index (χ0) is 23.5. The number of ether oxygens (including phenoxy) is 1. The maximum Gasteiger partial charge on any atom is 0.328 e. The zero-order valence-electron chi connectivity index (χ0n) is 17.1. The summed E-state index contributed by atoms with van der Waals surface area (Å²) >= 11 is 0. The van der Waals surface area contributed by atoms with Gasteiger partial charge in [-0.2, -0.15) is 0 Å². The summed E-state index contributed by atoms with van der Waals surface area (Å²) in [5, 5.41) is 2.44. The smallest absolute Gasteiger partial charge is 0.328 e. The van der Waals surface area contributed by atoms with E-state index in [1.165, 1.54) is 44.4 Å². The monoisotopic (exact) mass is 480 g/mol. The number of benzene rings is 2. The summed E-state index contributed by atoms with van der Waals surface area (Å²) in [4.78, 5) is 27.9. The highest BCUT2D eigenvalue weighted by Gasteiger charge is 2.30. The molecule has 13 heteroatoms. The van der Waals surface area contributed by atoms with E-state index < -0.39 is 45.1 Å². The molecule has 0 saturated carbocycles. The first-order valence-electron chi connectivity index (χ1n) is 9.15. The van der Waals surface area contributed by atoms with E-state index >= 15 is 0 Å². The Morgan fingerprint density at radius 3 is 2.56 bits per heavy atom. The molecule has 1 amide bonds. The first-order valence-corrected chi connectivity index (χ1v) is 12.1. The highest BCUT2D eigenvalue weighted by Crippen LogP contribution is 2.22. The second-order valence-corrected chi connectivity index (χ2v) is 10.6. The van der Waals surface area contributed by atoms with Crippen molar-refractivity contribution in [1.29, 1.82) is 0 Å². The van der Waals surface area contributed by atoms with Gasteiger partial charge < -0.3 is 10.1 Å². The number of rotatable bonds is 7. The molecule has 2 aromatic carbocycles. The summed E-state index contributed by atoms with van der Waals surface area (Å²) in [7, 11) is -4.62. The van der Waals surface area contributed by atoms with E-state index in [9.17, 15) is 26.4 Å². The lowest BCUT2D eigenvalue weighted by Gasteiger charge is -2.12. The number of hydrogen-bond donors (Lipinski definition) is 2. The van der Waals surface area contributed by atoms with Crippen LogP contribution in [0.15, 0.2) is 63.3 Å². The molecular formula is C19H20N4O7S2. The number of nitrogens with zero attached hydrogens (tertiary/aromatic N) is 2. The largest absolute Gasteiger partial charge is 0.454 e. The van der Waals surface area contributed by atoms with Gasteiger partial charge in [0.25, 0.3) is 15.9 Å². The van der Waals surface area contributed by atoms with E-state index in [1.807, 2.05) is 0 Å². The van der Waals surface area contributed by atoms with E-state index in [0.717, 1.165) is 4.31 Å². The van der Waals surface area contributed by atoms with Crippen molar-refractivity contribution in [2.24, 2.45) is 4.99 Å². The van der Waals surface area contributed by atoms with Gasteiger partial charge in [-0.15, -0.1) is 0 Å². The van der Waals surface area contributed by atoms with Gasteiger partial charge in [0.2, 0.25) is 10.0 Å². The van der Waals surface area contributed by atoms with Gasteiger partial charge in [-0.3, -0.25) is 19.3 Å². The summed E-state index contributed by atoms with van der Waals surface area (Å²) in [6.07, 6.45) is 0. The molecule has 11 nitrogen and oxygen atoms in total. The van der Waals surface area contributed by atoms with Crippen molar-refractivity contribution in [3.63, 3.8) is 0 Å². The number of aliphatic imine (C=N–C) groups is 1. The quantitative estimate of drug-likeness (QED) is 0.536. The van der Waals surface area contributed by atoms with Gasteiger partial charge in [0.15, 0.2) is 6.61 Å². The maximum absolute atomic E-state index is 12.2. The van der Waals surface area contributed by atoms with Gasteiger partial charge in [0.05, 0.1) is 9.79 Å². The summed E-state index contributed by atoms with van der Waals surface area (Å²) in [5.41, 5.74) is 0.553. The van der Waals surface area contributed by atoms with Crippen LogP contribution in [-0.2, 0) is 34.4 Å². The van der Waals surface area contributed by atoms with Crippen molar-refractivity contribution < 1.29 is 31.2 Å². The molecular weight excluding hydrogens is 460 g/mol. The van der Waals surface area contributed by atoms with E-state index in [0.29, 0.717) is 5.56 Å². The standard InChI is InChI=1S/C19H20N4O7S2/c1-23(2)32(28,29)14-7-5-6-13(10-14)21-17(24)12-30-18(25)11-20-19-15-8-3-4-9-16(15)31(26,27)22-19/h3-10H,11-12H2,1-2H3,(H,20,22)(H,21,24). The molecule has 0 aromatic heterocycles. The number of hydrogen-bond acceptors (Lipinski definition) is 8. The lowest BCUT2D eigenvalue weighted by molar-refractivity contribution is -0.145. The van der Waals surface area contributed by atoms with Crippen LogP contribution >= 0.6 is 0 Å². The molecule has 2 N–H and O–H groups in total. The highest BCUT2D eigenvalue weighted by atomic mass is 32.2. The van der Waals surface area contributed by atoms with Crippen molar-refractivity contribution in [1.82, 2.24) is 9.03 Å². The van der Waals surface area contributed by atoms with Crippen molar-refractivity contribution in [3.8, 4) is 0 Å². The Kier molecular flexibility index (Phi) is 6.62. The molecule has 0 atom stereocenters. The molecule has 170 valence electrons. The van der Waals surface area contributed by atoms with Crippen molar-refractivity contribution in [2.75, 3.05) is 32.6 Å². The molecule has 0 bridgehead atoms. The third-order valence-corrected chi connectivity index (χ3v) is 7.50. The molecule has 0 unspecified atom stereocenters. The zero-order valence-corrected chi connectivity index (χ0v) is 18.7. The molecule has 1 heterocycles. The van der Waals surface area contributed by atoms with E-state index in [2.05, 4.69) is 15.0 Å². The fourth-order valence-electron chi connectivity index (χ4n) is 2.73. The Hall–Kier alpha value is -3.29. The highest BCUT2D eigenvalue weighted by molar-refractivity contribution is 7.90. The van der Waals surface area contributed by atoms with Crippen molar-refractivity contribution in [2.45, 2.75) is 9.79 Å². The van der Waals surface area contributed by atoms with Crippen LogP contribution in [0.2, 0.25) is 0 Å². The number of carbonyl (C=O) groups excluding carboxylic acids is 2.